The number of thiophene rings is 1. The lowest BCUT2D eigenvalue weighted by atomic mass is 9.92. The second kappa shape index (κ2) is 12.2. The molecule has 0 saturated heterocycles. The first-order chi connectivity index (χ1) is 30.2. The standard InChI is InChI=1S/C51H29N3OS/c1-2-11-30(12-3-1)49-52-50(54-51(53-49)33-23-26-42-41-17-8-9-20-46(41)56-47(42)29-33)32-22-25-40-43-19-10-18-34(48(43)55-45(40)28-32)31-21-24-39-37-15-5-4-13-35(37)36-14-6-7-16-38(36)44(39)27-31/h1-29H/i10D,18D,19D,22D,25D,28D. The first-order valence-corrected chi connectivity index (χ1v) is 19.1. The maximum atomic E-state index is 9.64. The lowest BCUT2D eigenvalue weighted by molar-refractivity contribution is 0.670. The largest absolute Gasteiger partial charge is 0.455 e. The fraction of sp³-hybridized carbons (Fsp3) is 0. The van der Waals surface area contributed by atoms with E-state index in [1.807, 2.05) is 97.1 Å². The van der Waals surface area contributed by atoms with Crippen LogP contribution in [0.25, 0.3) is 120 Å². The summed E-state index contributed by atoms with van der Waals surface area (Å²) >= 11 is 1.68. The highest BCUT2D eigenvalue weighted by Crippen LogP contribution is 2.41. The second-order valence-electron chi connectivity index (χ2n) is 13.8. The van der Waals surface area contributed by atoms with Crippen molar-refractivity contribution in [3.63, 3.8) is 0 Å². The normalized spacial score (nSPS) is 13.4. The first kappa shape index (κ1) is 25.7. The van der Waals surface area contributed by atoms with Crippen molar-refractivity contribution in [3.05, 3.63) is 176 Å². The van der Waals surface area contributed by atoms with Crippen molar-refractivity contribution in [1.82, 2.24) is 15.0 Å². The fourth-order valence-electron chi connectivity index (χ4n) is 7.99. The number of rotatable bonds is 4. The minimum absolute atomic E-state index is 0.0264. The van der Waals surface area contributed by atoms with Gasteiger partial charge in [-0.3, -0.25) is 0 Å². The zero-order valence-electron chi connectivity index (χ0n) is 35.4. The summed E-state index contributed by atoms with van der Waals surface area (Å²) in [4.78, 5) is 14.6. The Balaban J connectivity index is 1.10. The Bertz CT molecular complexity index is 3870. The van der Waals surface area contributed by atoms with Crippen LogP contribution in [0.4, 0.5) is 0 Å². The van der Waals surface area contributed by atoms with Gasteiger partial charge in [0.05, 0.1) is 8.22 Å². The molecule has 0 aliphatic carbocycles. The summed E-state index contributed by atoms with van der Waals surface area (Å²) in [5, 5.41) is 8.75. The summed E-state index contributed by atoms with van der Waals surface area (Å²) in [7, 11) is 0. The molecule has 0 aliphatic rings. The molecule has 0 radical (unpaired) electrons. The second-order valence-corrected chi connectivity index (χ2v) is 14.9. The zero-order chi connectivity index (χ0) is 42.0. The van der Waals surface area contributed by atoms with Crippen molar-refractivity contribution in [2.75, 3.05) is 0 Å². The predicted octanol–water partition coefficient (Wildman–Crippen LogP) is 14.3. The molecule has 3 aromatic heterocycles. The van der Waals surface area contributed by atoms with Crippen molar-refractivity contribution in [2.45, 2.75) is 0 Å². The van der Waals surface area contributed by atoms with E-state index in [-0.39, 0.29) is 75.1 Å². The van der Waals surface area contributed by atoms with Crippen LogP contribution in [0.15, 0.2) is 180 Å². The van der Waals surface area contributed by atoms with E-state index in [1.54, 1.807) is 11.3 Å². The van der Waals surface area contributed by atoms with Crippen molar-refractivity contribution in [1.29, 1.82) is 0 Å². The number of para-hydroxylation sites is 1. The molecule has 56 heavy (non-hydrogen) atoms. The van der Waals surface area contributed by atoms with E-state index in [4.69, 9.17) is 22.1 Å². The SMILES string of the molecule is [2H]c1c([2H])c([2H])c2c(oc3c([2H])c(-c4nc(-c5ccccc5)nc(-c5ccc6c(c5)sc5ccccc56)n4)c([2H])c([2H])c32)c1-c1ccc2c3ccccc3c3ccccc3c2c1. The van der Waals surface area contributed by atoms with Crippen LogP contribution in [0.3, 0.4) is 0 Å². The van der Waals surface area contributed by atoms with Crippen LogP contribution in [-0.4, -0.2) is 15.0 Å². The fourth-order valence-corrected chi connectivity index (χ4v) is 9.14. The molecule has 5 heteroatoms. The molecule has 0 N–H and O–H groups in total. The van der Waals surface area contributed by atoms with Crippen LogP contribution in [0.5, 0.6) is 0 Å². The van der Waals surface area contributed by atoms with E-state index in [0.717, 1.165) is 58.1 Å². The van der Waals surface area contributed by atoms with Gasteiger partial charge in [-0.1, -0.05) is 145 Å². The number of benzene rings is 9. The summed E-state index contributed by atoms with van der Waals surface area (Å²) in [5.74, 6) is 0.703. The Morgan fingerprint density at radius 2 is 1.00 bits per heavy atom. The molecule has 260 valence electrons. The van der Waals surface area contributed by atoms with Crippen molar-refractivity contribution >= 4 is 85.8 Å². The van der Waals surface area contributed by atoms with Gasteiger partial charge in [0.25, 0.3) is 0 Å². The Labute approximate surface area is 333 Å². The Kier molecular flexibility index (Phi) is 5.59. The smallest absolute Gasteiger partial charge is 0.164 e. The van der Waals surface area contributed by atoms with Gasteiger partial charge in [0.1, 0.15) is 11.2 Å². The quantitative estimate of drug-likeness (QED) is 0.169. The molecule has 4 nitrogen and oxygen atoms in total. The highest BCUT2D eigenvalue weighted by Gasteiger charge is 2.18. The molecule has 9 aromatic carbocycles. The molecule has 0 spiro atoms. The van der Waals surface area contributed by atoms with Gasteiger partial charge in [-0.05, 0) is 68.2 Å². The third kappa shape index (κ3) is 4.81. The predicted molar refractivity (Wildman–Crippen MR) is 234 cm³/mol. The zero-order valence-corrected chi connectivity index (χ0v) is 30.3. The monoisotopic (exact) mass is 737 g/mol. The average Bonchev–Trinajstić information content (AvgIpc) is 3.90. The van der Waals surface area contributed by atoms with Gasteiger partial charge in [0.2, 0.25) is 0 Å². The summed E-state index contributed by atoms with van der Waals surface area (Å²) in [6.07, 6.45) is 0. The van der Waals surface area contributed by atoms with E-state index in [2.05, 4.69) is 42.5 Å². The van der Waals surface area contributed by atoms with Crippen molar-refractivity contribution < 1.29 is 12.6 Å². The van der Waals surface area contributed by atoms with Crippen molar-refractivity contribution in [2.24, 2.45) is 0 Å². The van der Waals surface area contributed by atoms with Gasteiger partial charge in [-0.25, -0.2) is 15.0 Å². The first-order valence-electron chi connectivity index (χ1n) is 21.3. The van der Waals surface area contributed by atoms with Gasteiger partial charge in [-0.15, -0.1) is 11.3 Å². The van der Waals surface area contributed by atoms with Crippen LogP contribution in [0.1, 0.15) is 8.22 Å². The molecule has 12 aromatic rings. The molecular weight excluding hydrogens is 703 g/mol. The number of nitrogens with zero attached hydrogens (tertiary/aromatic N) is 3. The summed E-state index contributed by atoms with van der Waals surface area (Å²) in [6.45, 7) is 0. The third-order valence-electron chi connectivity index (χ3n) is 10.6. The van der Waals surface area contributed by atoms with Crippen LogP contribution in [0.2, 0.25) is 0 Å². The van der Waals surface area contributed by atoms with Gasteiger partial charge < -0.3 is 4.42 Å². The molecule has 3 heterocycles. The van der Waals surface area contributed by atoms with Gasteiger partial charge in [0, 0.05) is 53.2 Å². The van der Waals surface area contributed by atoms with Crippen molar-refractivity contribution in [3.8, 4) is 45.3 Å². The maximum Gasteiger partial charge on any atom is 0.164 e. The van der Waals surface area contributed by atoms with E-state index in [1.165, 1.54) is 0 Å². The molecule has 0 amide bonds. The number of fused-ring (bicyclic) bond motifs is 12. The van der Waals surface area contributed by atoms with Gasteiger partial charge in [0.15, 0.2) is 17.5 Å². The Morgan fingerprint density at radius 3 is 1.77 bits per heavy atom. The molecule has 0 saturated carbocycles. The molecule has 0 fully saturated rings. The Hall–Kier alpha value is -7.21. The summed E-state index contributed by atoms with van der Waals surface area (Å²) in [5.41, 5.74) is 2.32. The number of hydrogen-bond acceptors (Lipinski definition) is 5. The van der Waals surface area contributed by atoms with E-state index < -0.39 is 0 Å². The topological polar surface area (TPSA) is 51.8 Å². The molecule has 0 unspecified atom stereocenters. The summed E-state index contributed by atoms with van der Waals surface area (Å²) < 4.78 is 64.6. The van der Waals surface area contributed by atoms with Crippen LogP contribution >= 0.6 is 11.3 Å². The molecule has 12 rings (SSSR count). The molecule has 0 aliphatic heterocycles. The van der Waals surface area contributed by atoms with Crippen LogP contribution in [-0.2, 0) is 0 Å². The Morgan fingerprint density at radius 1 is 0.411 bits per heavy atom. The van der Waals surface area contributed by atoms with Crippen LogP contribution in [0, 0.1) is 0 Å². The van der Waals surface area contributed by atoms with Crippen LogP contribution < -0.4 is 0 Å². The molecular formula is C51H29N3OS. The van der Waals surface area contributed by atoms with E-state index in [9.17, 15) is 5.48 Å². The van der Waals surface area contributed by atoms with Gasteiger partial charge in [-0.2, -0.15) is 0 Å². The lowest BCUT2D eigenvalue weighted by Crippen LogP contribution is -2.00. The van der Waals surface area contributed by atoms with E-state index in [0.29, 0.717) is 22.8 Å². The molecule has 0 atom stereocenters. The van der Waals surface area contributed by atoms with E-state index >= 15 is 0 Å². The minimum Gasteiger partial charge on any atom is -0.455 e. The number of furan rings is 1. The number of hydrogen-bond donors (Lipinski definition) is 0. The lowest BCUT2D eigenvalue weighted by Gasteiger charge is -2.12. The minimum atomic E-state index is -0.342. The van der Waals surface area contributed by atoms with Gasteiger partial charge >= 0.3 is 0 Å². The average molecular weight is 738 g/mol. The molecule has 0 bridgehead atoms. The number of aromatic nitrogens is 3. The highest BCUT2D eigenvalue weighted by molar-refractivity contribution is 7.25. The summed E-state index contributed by atoms with van der Waals surface area (Å²) in [6, 6.07) is 44.3. The highest BCUT2D eigenvalue weighted by atomic mass is 32.1. The third-order valence-corrected chi connectivity index (χ3v) is 11.8. The maximum absolute atomic E-state index is 9.64.